The van der Waals surface area contributed by atoms with Crippen LogP contribution in [-0.2, 0) is 0 Å². The van der Waals surface area contributed by atoms with Gasteiger partial charge in [-0.05, 0) is 36.8 Å². The lowest BCUT2D eigenvalue weighted by atomic mass is 10.1. The van der Waals surface area contributed by atoms with Crippen molar-refractivity contribution in [3.05, 3.63) is 64.0 Å². The molecule has 0 saturated carbocycles. The van der Waals surface area contributed by atoms with Gasteiger partial charge in [0, 0.05) is 17.7 Å². The summed E-state index contributed by atoms with van der Waals surface area (Å²) in [6.07, 6.45) is 0.469. The maximum Gasteiger partial charge on any atom is 0.269 e. The van der Waals surface area contributed by atoms with Gasteiger partial charge in [-0.3, -0.25) is 15.5 Å². The number of nitro benzene ring substituents is 1. The van der Waals surface area contributed by atoms with Gasteiger partial charge in [0.1, 0.15) is 11.6 Å². The van der Waals surface area contributed by atoms with E-state index in [2.05, 4.69) is 10.5 Å². The molecule has 0 spiro atoms. The minimum Gasteiger partial charge on any atom is -0.507 e. The summed E-state index contributed by atoms with van der Waals surface area (Å²) in [5.41, 5.74) is 4.04. The summed E-state index contributed by atoms with van der Waals surface area (Å²) < 4.78 is 13.3. The Morgan fingerprint density at radius 1 is 1.32 bits per heavy atom. The topological polar surface area (TPSA) is 87.8 Å². The third-order valence-corrected chi connectivity index (χ3v) is 3.00. The van der Waals surface area contributed by atoms with E-state index in [1.54, 1.807) is 0 Å². The number of non-ortho nitro benzene ring substituents is 1. The molecule has 0 saturated heterocycles. The first-order valence-electron chi connectivity index (χ1n) is 6.57. The molecule has 0 heterocycles. The van der Waals surface area contributed by atoms with Crippen LogP contribution in [0.1, 0.15) is 18.9 Å². The normalized spacial score (nSPS) is 11.3. The molecule has 2 aromatic rings. The fraction of sp³-hybridized carbons (Fsp3) is 0.133. The van der Waals surface area contributed by atoms with Gasteiger partial charge in [-0.15, -0.1) is 0 Å². The molecule has 2 rings (SSSR count). The molecule has 114 valence electrons. The number of phenolic OH excluding ortho intramolecular Hbond substituents is 1. The summed E-state index contributed by atoms with van der Waals surface area (Å²) in [7, 11) is 0. The predicted molar refractivity (Wildman–Crippen MR) is 81.6 cm³/mol. The highest BCUT2D eigenvalue weighted by Gasteiger charge is 2.09. The summed E-state index contributed by atoms with van der Waals surface area (Å²) in [6.45, 7) is 1.82. The molecule has 0 bridgehead atoms. The van der Waals surface area contributed by atoms with Gasteiger partial charge in [-0.1, -0.05) is 6.92 Å². The summed E-state index contributed by atoms with van der Waals surface area (Å²) in [4.78, 5) is 10.1. The fourth-order valence-electron chi connectivity index (χ4n) is 1.86. The van der Waals surface area contributed by atoms with E-state index in [1.807, 2.05) is 6.92 Å². The number of halogens is 1. The Balaban J connectivity index is 2.22. The number of hydrogen-bond donors (Lipinski definition) is 2. The van der Waals surface area contributed by atoms with Crippen molar-refractivity contribution in [1.29, 1.82) is 0 Å². The van der Waals surface area contributed by atoms with Gasteiger partial charge < -0.3 is 5.11 Å². The third-order valence-electron chi connectivity index (χ3n) is 3.00. The van der Waals surface area contributed by atoms with Crippen LogP contribution in [0.25, 0.3) is 0 Å². The lowest BCUT2D eigenvalue weighted by Crippen LogP contribution is -2.04. The van der Waals surface area contributed by atoms with Crippen LogP contribution in [0.2, 0.25) is 0 Å². The zero-order valence-electron chi connectivity index (χ0n) is 11.8. The molecule has 22 heavy (non-hydrogen) atoms. The van der Waals surface area contributed by atoms with Crippen LogP contribution in [0, 0.1) is 15.9 Å². The van der Waals surface area contributed by atoms with Crippen LogP contribution in [-0.4, -0.2) is 15.7 Å². The number of hydrogen-bond acceptors (Lipinski definition) is 5. The van der Waals surface area contributed by atoms with Crippen molar-refractivity contribution in [2.45, 2.75) is 13.3 Å². The van der Waals surface area contributed by atoms with Crippen molar-refractivity contribution in [2.75, 3.05) is 5.43 Å². The lowest BCUT2D eigenvalue weighted by molar-refractivity contribution is -0.384. The molecule has 6 nitrogen and oxygen atoms in total. The van der Waals surface area contributed by atoms with Gasteiger partial charge in [0.05, 0.1) is 16.3 Å². The van der Waals surface area contributed by atoms with Crippen LogP contribution in [0.5, 0.6) is 5.75 Å². The second-order valence-corrected chi connectivity index (χ2v) is 4.49. The van der Waals surface area contributed by atoms with E-state index in [0.29, 0.717) is 23.4 Å². The Morgan fingerprint density at radius 2 is 2.00 bits per heavy atom. The SMILES string of the molecule is CCC(=NNc1ccc([N+](=O)[O-])cc1)c1cc(F)ccc1O. The van der Waals surface area contributed by atoms with Gasteiger partial charge in [0.15, 0.2) is 0 Å². The van der Waals surface area contributed by atoms with Crippen molar-refractivity contribution in [3.63, 3.8) is 0 Å². The summed E-state index contributed by atoms with van der Waals surface area (Å²) in [5, 5.41) is 24.5. The van der Waals surface area contributed by atoms with Crippen LogP contribution in [0.3, 0.4) is 0 Å². The van der Waals surface area contributed by atoms with Crippen molar-refractivity contribution in [2.24, 2.45) is 5.10 Å². The molecular weight excluding hydrogens is 289 g/mol. The highest BCUT2D eigenvalue weighted by Crippen LogP contribution is 2.21. The standard InChI is InChI=1S/C15H14FN3O3/c1-2-14(13-9-10(16)3-8-15(13)20)18-17-11-4-6-12(7-5-11)19(21)22/h3-9,17,20H,2H2,1H3. The van der Waals surface area contributed by atoms with Gasteiger partial charge in [-0.25, -0.2) is 4.39 Å². The molecule has 0 radical (unpaired) electrons. The first-order valence-corrected chi connectivity index (χ1v) is 6.57. The average Bonchev–Trinajstić information content (AvgIpc) is 2.51. The fourth-order valence-corrected chi connectivity index (χ4v) is 1.86. The Labute approximate surface area is 126 Å². The van der Waals surface area contributed by atoms with E-state index in [1.165, 1.54) is 36.4 Å². The van der Waals surface area contributed by atoms with Crippen LogP contribution >= 0.6 is 0 Å². The molecule has 2 aromatic carbocycles. The van der Waals surface area contributed by atoms with E-state index >= 15 is 0 Å². The van der Waals surface area contributed by atoms with Gasteiger partial charge in [0.25, 0.3) is 5.69 Å². The predicted octanol–water partition coefficient (Wildman–Crippen LogP) is 3.67. The van der Waals surface area contributed by atoms with E-state index in [0.717, 1.165) is 6.07 Å². The first-order chi connectivity index (χ1) is 10.5. The number of nitrogens with one attached hydrogen (secondary N) is 1. The molecule has 7 heteroatoms. The Hall–Kier alpha value is -2.96. The largest absolute Gasteiger partial charge is 0.507 e. The molecule has 0 amide bonds. The van der Waals surface area contributed by atoms with Crippen molar-refractivity contribution < 1.29 is 14.4 Å². The molecule has 0 unspecified atom stereocenters. The van der Waals surface area contributed by atoms with Crippen LogP contribution < -0.4 is 5.43 Å². The third kappa shape index (κ3) is 3.57. The zero-order chi connectivity index (χ0) is 16.1. The van der Waals surface area contributed by atoms with Crippen LogP contribution in [0.15, 0.2) is 47.6 Å². The molecular formula is C15H14FN3O3. The van der Waals surface area contributed by atoms with Gasteiger partial charge in [0.2, 0.25) is 0 Å². The molecule has 0 fully saturated rings. The van der Waals surface area contributed by atoms with E-state index in [4.69, 9.17) is 0 Å². The Morgan fingerprint density at radius 3 is 2.59 bits per heavy atom. The molecule has 0 aromatic heterocycles. The average molecular weight is 303 g/mol. The van der Waals surface area contributed by atoms with Gasteiger partial charge in [-0.2, -0.15) is 5.10 Å². The zero-order valence-corrected chi connectivity index (χ0v) is 11.8. The first kappa shape index (κ1) is 15.4. The molecule has 0 aliphatic heterocycles. The second kappa shape index (κ2) is 6.66. The second-order valence-electron chi connectivity index (χ2n) is 4.49. The van der Waals surface area contributed by atoms with Gasteiger partial charge >= 0.3 is 0 Å². The van der Waals surface area contributed by atoms with Crippen molar-refractivity contribution in [3.8, 4) is 5.75 Å². The van der Waals surface area contributed by atoms with E-state index in [-0.39, 0.29) is 11.4 Å². The quantitative estimate of drug-likeness (QED) is 0.501. The number of rotatable bonds is 5. The summed E-state index contributed by atoms with van der Waals surface area (Å²) in [6, 6.07) is 9.36. The lowest BCUT2D eigenvalue weighted by Gasteiger charge is -2.08. The smallest absolute Gasteiger partial charge is 0.269 e. The minimum atomic E-state index is -0.491. The number of nitrogens with zero attached hydrogens (tertiary/aromatic N) is 2. The summed E-state index contributed by atoms with van der Waals surface area (Å²) in [5.74, 6) is -0.531. The molecule has 0 atom stereocenters. The highest BCUT2D eigenvalue weighted by molar-refractivity contribution is 6.02. The number of nitro groups is 1. The van der Waals surface area contributed by atoms with E-state index < -0.39 is 10.7 Å². The summed E-state index contributed by atoms with van der Waals surface area (Å²) >= 11 is 0. The van der Waals surface area contributed by atoms with Crippen molar-refractivity contribution >= 4 is 17.1 Å². The number of benzene rings is 2. The molecule has 0 aliphatic carbocycles. The number of phenols is 1. The molecule has 0 aliphatic rings. The Kier molecular flexibility index (Phi) is 4.67. The molecule has 2 N–H and O–H groups in total. The number of aromatic hydroxyl groups is 1. The highest BCUT2D eigenvalue weighted by atomic mass is 19.1. The maximum atomic E-state index is 13.3. The van der Waals surface area contributed by atoms with Crippen molar-refractivity contribution in [1.82, 2.24) is 0 Å². The number of anilines is 1. The number of hydrazone groups is 1. The Bertz CT molecular complexity index is 714. The maximum absolute atomic E-state index is 13.3. The van der Waals surface area contributed by atoms with Crippen LogP contribution in [0.4, 0.5) is 15.8 Å². The minimum absolute atomic E-state index is 0.0204. The van der Waals surface area contributed by atoms with E-state index in [9.17, 15) is 19.6 Å². The monoisotopic (exact) mass is 303 g/mol.